The van der Waals surface area contributed by atoms with Crippen LogP contribution in [-0.2, 0) is 0 Å². The van der Waals surface area contributed by atoms with Gasteiger partial charge >= 0.3 is 0 Å². The van der Waals surface area contributed by atoms with Gasteiger partial charge in [0, 0.05) is 11.9 Å². The van der Waals surface area contributed by atoms with Gasteiger partial charge < -0.3 is 10.3 Å². The lowest BCUT2D eigenvalue weighted by Gasteiger charge is -2.09. The van der Waals surface area contributed by atoms with E-state index in [1.54, 1.807) is 6.07 Å². The Kier molecular flexibility index (Phi) is 3.23. The largest absolute Gasteiger partial charge is 0.322 e. The second-order valence-electron chi connectivity index (χ2n) is 4.00. The highest BCUT2D eigenvalue weighted by Crippen LogP contribution is 2.18. The van der Waals surface area contributed by atoms with E-state index < -0.39 is 11.5 Å². The van der Waals surface area contributed by atoms with Crippen LogP contribution in [0.5, 0.6) is 0 Å². The van der Waals surface area contributed by atoms with Crippen molar-refractivity contribution in [1.82, 2.24) is 9.97 Å². The summed E-state index contributed by atoms with van der Waals surface area (Å²) >= 11 is 0. The number of aromatic amines is 1. The lowest BCUT2D eigenvalue weighted by atomic mass is 10.1. The van der Waals surface area contributed by atoms with Gasteiger partial charge in [0.15, 0.2) is 0 Å². The molecule has 0 unspecified atom stereocenters. The van der Waals surface area contributed by atoms with Crippen LogP contribution in [0, 0.1) is 13.8 Å². The molecule has 1 aromatic carbocycles. The summed E-state index contributed by atoms with van der Waals surface area (Å²) in [7, 11) is 0. The van der Waals surface area contributed by atoms with Crippen molar-refractivity contribution in [3.05, 3.63) is 57.8 Å². The van der Waals surface area contributed by atoms with Crippen molar-refractivity contribution in [2.75, 3.05) is 5.32 Å². The van der Waals surface area contributed by atoms with Crippen LogP contribution in [0.4, 0.5) is 5.69 Å². The molecule has 1 aromatic heterocycles. The number of nitrogens with zero attached hydrogens (tertiary/aromatic N) is 1. The Morgan fingerprint density at radius 1 is 1.33 bits per heavy atom. The molecule has 92 valence electrons. The predicted octanol–water partition coefficient (Wildman–Crippen LogP) is 1.64. The minimum Gasteiger partial charge on any atom is -0.322 e. The molecule has 0 atom stereocenters. The molecule has 0 aliphatic carbocycles. The maximum Gasteiger partial charge on any atom is 0.263 e. The quantitative estimate of drug-likeness (QED) is 0.842. The third-order valence-electron chi connectivity index (χ3n) is 2.82. The molecule has 0 saturated heterocycles. The highest BCUT2D eigenvalue weighted by Gasteiger charge is 2.11. The third-order valence-corrected chi connectivity index (χ3v) is 2.82. The van der Waals surface area contributed by atoms with E-state index in [-0.39, 0.29) is 5.56 Å². The van der Waals surface area contributed by atoms with E-state index in [9.17, 15) is 9.59 Å². The first kappa shape index (κ1) is 12.0. The second-order valence-corrected chi connectivity index (χ2v) is 4.00. The van der Waals surface area contributed by atoms with Gasteiger partial charge in [0.05, 0.1) is 6.33 Å². The number of hydrogen-bond donors (Lipinski definition) is 2. The van der Waals surface area contributed by atoms with Crippen molar-refractivity contribution in [3.8, 4) is 0 Å². The molecule has 0 saturated carbocycles. The average Bonchev–Trinajstić information content (AvgIpc) is 2.35. The Morgan fingerprint density at radius 3 is 2.83 bits per heavy atom. The summed E-state index contributed by atoms with van der Waals surface area (Å²) in [4.78, 5) is 29.5. The molecule has 18 heavy (non-hydrogen) atoms. The molecule has 1 amide bonds. The molecular formula is C13H13N3O2. The zero-order valence-electron chi connectivity index (χ0n) is 10.2. The van der Waals surface area contributed by atoms with Crippen molar-refractivity contribution in [1.29, 1.82) is 0 Å². The Hall–Kier alpha value is -2.43. The summed E-state index contributed by atoms with van der Waals surface area (Å²) in [6.45, 7) is 3.88. The summed E-state index contributed by atoms with van der Waals surface area (Å²) in [5.74, 6) is -0.460. The fourth-order valence-electron chi connectivity index (χ4n) is 1.58. The highest BCUT2D eigenvalue weighted by molar-refractivity contribution is 6.04. The number of nitrogens with one attached hydrogen (secondary N) is 2. The van der Waals surface area contributed by atoms with E-state index >= 15 is 0 Å². The van der Waals surface area contributed by atoms with E-state index in [4.69, 9.17) is 0 Å². The first-order valence-corrected chi connectivity index (χ1v) is 5.50. The van der Waals surface area contributed by atoms with Crippen molar-refractivity contribution < 1.29 is 4.79 Å². The maximum absolute atomic E-state index is 11.9. The number of H-pyrrole nitrogens is 1. The van der Waals surface area contributed by atoms with Crippen LogP contribution in [0.3, 0.4) is 0 Å². The van der Waals surface area contributed by atoms with Crippen LogP contribution < -0.4 is 10.9 Å². The van der Waals surface area contributed by atoms with Gasteiger partial charge in [-0.05, 0) is 31.0 Å². The van der Waals surface area contributed by atoms with E-state index in [0.29, 0.717) is 5.69 Å². The summed E-state index contributed by atoms with van der Waals surface area (Å²) in [6.07, 6.45) is 2.50. The van der Waals surface area contributed by atoms with Crippen LogP contribution in [0.25, 0.3) is 0 Å². The number of rotatable bonds is 2. The number of carbonyl (C=O) groups excluding carboxylic acids is 1. The standard InChI is InChI=1S/C13H13N3O2/c1-8-4-3-5-11(9(8)2)16-13(18)10-6-14-7-15-12(10)17/h3-7H,1-2H3,(H,16,18)(H,14,15,17). The van der Waals surface area contributed by atoms with E-state index in [1.165, 1.54) is 12.5 Å². The second kappa shape index (κ2) is 4.83. The molecule has 2 aromatic rings. The predicted molar refractivity (Wildman–Crippen MR) is 68.7 cm³/mol. The van der Waals surface area contributed by atoms with Crippen LogP contribution in [0.2, 0.25) is 0 Å². The Labute approximate surface area is 104 Å². The first-order valence-electron chi connectivity index (χ1n) is 5.50. The van der Waals surface area contributed by atoms with Gasteiger partial charge in [0.25, 0.3) is 11.5 Å². The van der Waals surface area contributed by atoms with Crippen molar-refractivity contribution in [2.24, 2.45) is 0 Å². The minimum atomic E-state index is -0.460. The van der Waals surface area contributed by atoms with Crippen LogP contribution in [-0.4, -0.2) is 15.9 Å². The molecule has 0 fully saturated rings. The van der Waals surface area contributed by atoms with E-state index in [2.05, 4.69) is 15.3 Å². The number of aromatic nitrogens is 2. The zero-order chi connectivity index (χ0) is 13.1. The van der Waals surface area contributed by atoms with Crippen molar-refractivity contribution in [2.45, 2.75) is 13.8 Å². The molecule has 2 N–H and O–H groups in total. The van der Waals surface area contributed by atoms with Gasteiger partial charge in [-0.25, -0.2) is 4.98 Å². The lowest BCUT2D eigenvalue weighted by Crippen LogP contribution is -2.23. The normalized spacial score (nSPS) is 10.1. The van der Waals surface area contributed by atoms with Gasteiger partial charge in [-0.15, -0.1) is 0 Å². The zero-order valence-corrected chi connectivity index (χ0v) is 10.2. The number of benzene rings is 1. The maximum atomic E-state index is 11.9. The fourth-order valence-corrected chi connectivity index (χ4v) is 1.58. The molecule has 5 nitrogen and oxygen atoms in total. The minimum absolute atomic E-state index is 0.00148. The summed E-state index contributed by atoms with van der Waals surface area (Å²) in [5.41, 5.74) is 2.30. The topological polar surface area (TPSA) is 74.8 Å². The summed E-state index contributed by atoms with van der Waals surface area (Å²) in [5, 5.41) is 2.71. The fraction of sp³-hybridized carbons (Fsp3) is 0.154. The number of amides is 1. The number of anilines is 1. The number of aryl methyl sites for hydroxylation is 1. The number of carbonyl (C=O) groups is 1. The van der Waals surface area contributed by atoms with Crippen molar-refractivity contribution in [3.63, 3.8) is 0 Å². The van der Waals surface area contributed by atoms with Gasteiger partial charge in [-0.1, -0.05) is 12.1 Å². The SMILES string of the molecule is Cc1cccc(NC(=O)c2cnc[nH]c2=O)c1C. The molecule has 0 aliphatic rings. The third kappa shape index (κ3) is 2.29. The summed E-state index contributed by atoms with van der Waals surface area (Å²) in [6, 6.07) is 5.61. The van der Waals surface area contributed by atoms with Crippen molar-refractivity contribution >= 4 is 11.6 Å². The molecule has 2 rings (SSSR count). The van der Waals surface area contributed by atoms with E-state index in [0.717, 1.165) is 11.1 Å². The summed E-state index contributed by atoms with van der Waals surface area (Å²) < 4.78 is 0. The van der Waals surface area contributed by atoms with Crippen LogP contribution in [0.15, 0.2) is 35.5 Å². The number of hydrogen-bond acceptors (Lipinski definition) is 3. The molecule has 0 spiro atoms. The van der Waals surface area contributed by atoms with Gasteiger partial charge in [0.2, 0.25) is 0 Å². The Balaban J connectivity index is 2.30. The first-order chi connectivity index (χ1) is 8.59. The van der Waals surface area contributed by atoms with Gasteiger partial charge in [-0.2, -0.15) is 0 Å². The Morgan fingerprint density at radius 2 is 2.11 bits per heavy atom. The van der Waals surface area contributed by atoms with Gasteiger partial charge in [0.1, 0.15) is 5.56 Å². The molecule has 5 heteroatoms. The lowest BCUT2D eigenvalue weighted by molar-refractivity contribution is 0.102. The molecule has 0 aliphatic heterocycles. The smallest absolute Gasteiger partial charge is 0.263 e. The average molecular weight is 243 g/mol. The molecule has 0 bridgehead atoms. The molecule has 1 heterocycles. The van der Waals surface area contributed by atoms with Gasteiger partial charge in [-0.3, -0.25) is 9.59 Å². The molecular weight excluding hydrogens is 230 g/mol. The molecule has 0 radical (unpaired) electrons. The Bertz CT molecular complexity index is 647. The van der Waals surface area contributed by atoms with Crippen LogP contribution in [0.1, 0.15) is 21.5 Å². The van der Waals surface area contributed by atoms with E-state index in [1.807, 2.05) is 26.0 Å². The monoisotopic (exact) mass is 243 g/mol. The van der Waals surface area contributed by atoms with Crippen LogP contribution >= 0.6 is 0 Å². The highest BCUT2D eigenvalue weighted by atomic mass is 16.2.